The summed E-state index contributed by atoms with van der Waals surface area (Å²) in [5.74, 6) is 0. The lowest BCUT2D eigenvalue weighted by atomic mass is 10.4. The summed E-state index contributed by atoms with van der Waals surface area (Å²) in [7, 11) is -8.21. The summed E-state index contributed by atoms with van der Waals surface area (Å²) in [6.07, 6.45) is -4.52. The molecule has 0 radical (unpaired) electrons. The summed E-state index contributed by atoms with van der Waals surface area (Å²) in [6.45, 7) is 11.5. The molecule has 26 heavy (non-hydrogen) atoms. The van der Waals surface area contributed by atoms with Gasteiger partial charge in [-0.05, 0) is 51.7 Å². The fourth-order valence-electron chi connectivity index (χ4n) is 2.44. The maximum absolute atomic E-state index is 13.2. The summed E-state index contributed by atoms with van der Waals surface area (Å²) >= 11 is 0. The van der Waals surface area contributed by atoms with E-state index in [-0.39, 0.29) is 19.3 Å². The lowest BCUT2D eigenvalue weighted by molar-refractivity contribution is -0.145. The van der Waals surface area contributed by atoms with Crippen LogP contribution in [0.4, 0.5) is 17.6 Å². The Hall–Kier alpha value is 0.428. The van der Waals surface area contributed by atoms with E-state index in [9.17, 15) is 17.6 Å². The Morgan fingerprint density at radius 1 is 0.885 bits per heavy atom. The summed E-state index contributed by atoms with van der Waals surface area (Å²) < 4.78 is 73.1. The molecule has 0 unspecified atom stereocenters. The molecule has 0 heterocycles. The molecule has 0 N–H and O–H groups in total. The van der Waals surface area contributed by atoms with Crippen molar-refractivity contribution in [3.05, 3.63) is 0 Å². The molecule has 0 saturated carbocycles. The van der Waals surface area contributed by atoms with Gasteiger partial charge in [0.1, 0.15) is 0 Å². The van der Waals surface area contributed by atoms with E-state index in [1.807, 2.05) is 39.3 Å². The quantitative estimate of drug-likeness (QED) is 0.220. The molecule has 4 nitrogen and oxygen atoms in total. The zero-order valence-corrected chi connectivity index (χ0v) is 21.1. The minimum Gasteiger partial charge on any atom is -0.420 e. The molecule has 0 aromatic heterocycles. The number of hydrogen-bond acceptors (Lipinski definition) is 4. The second-order valence-corrected chi connectivity index (χ2v) is 20.2. The molecule has 0 aliphatic rings. The van der Waals surface area contributed by atoms with Crippen LogP contribution in [0.2, 0.25) is 51.4 Å². The Labute approximate surface area is 160 Å². The van der Waals surface area contributed by atoms with Crippen molar-refractivity contribution in [2.75, 3.05) is 19.9 Å². The van der Waals surface area contributed by atoms with Crippen molar-refractivity contribution in [1.29, 1.82) is 0 Å². The molecule has 158 valence electrons. The van der Waals surface area contributed by atoms with Crippen LogP contribution >= 0.6 is 0 Å². The first-order valence-corrected chi connectivity index (χ1v) is 19.7. The van der Waals surface area contributed by atoms with Gasteiger partial charge in [0.15, 0.2) is 26.4 Å². The monoisotopic (exact) mass is 454 g/mol. The SMILES string of the molecule is C[SiH](C)O[Si](CCF)(O[SiH](C)C)O[Si](C)(C)CCCOCCC(F)(F)F. The van der Waals surface area contributed by atoms with Crippen molar-refractivity contribution < 1.29 is 34.6 Å². The van der Waals surface area contributed by atoms with Gasteiger partial charge in [-0.3, -0.25) is 4.39 Å². The third-order valence-electron chi connectivity index (χ3n) is 3.26. The third kappa shape index (κ3) is 13.6. The van der Waals surface area contributed by atoms with Crippen LogP contribution in [0.3, 0.4) is 0 Å². The van der Waals surface area contributed by atoms with Crippen LogP contribution in [0.1, 0.15) is 12.8 Å². The normalized spacial score (nSPS) is 13.8. The van der Waals surface area contributed by atoms with Crippen molar-refractivity contribution in [2.24, 2.45) is 0 Å². The molecular weight excluding hydrogens is 420 g/mol. The minimum atomic E-state index is -4.19. The van der Waals surface area contributed by atoms with Gasteiger partial charge in [0.2, 0.25) is 0 Å². The molecular formula is C14H34F4O4Si4. The highest BCUT2D eigenvalue weighted by Gasteiger charge is 2.46. The second kappa shape index (κ2) is 12.1. The predicted molar refractivity (Wildman–Crippen MR) is 106 cm³/mol. The van der Waals surface area contributed by atoms with E-state index in [1.54, 1.807) is 0 Å². The first-order valence-electron chi connectivity index (χ1n) is 9.07. The molecule has 0 rings (SSSR count). The highest BCUT2D eigenvalue weighted by atomic mass is 28.5. The lowest BCUT2D eigenvalue weighted by Gasteiger charge is -2.39. The van der Waals surface area contributed by atoms with E-state index in [0.29, 0.717) is 12.5 Å². The van der Waals surface area contributed by atoms with Crippen LogP contribution in [0.5, 0.6) is 0 Å². The molecule has 0 aromatic rings. The van der Waals surface area contributed by atoms with E-state index in [1.165, 1.54) is 0 Å². The second-order valence-electron chi connectivity index (χ2n) is 7.40. The Morgan fingerprint density at radius 2 is 1.42 bits per heavy atom. The molecule has 12 heteroatoms. The molecule has 0 spiro atoms. The number of rotatable bonds is 14. The Bertz CT molecular complexity index is 374. The van der Waals surface area contributed by atoms with Crippen LogP contribution in [0.25, 0.3) is 0 Å². The lowest BCUT2D eigenvalue weighted by Crippen LogP contribution is -2.57. The maximum Gasteiger partial charge on any atom is 0.471 e. The van der Waals surface area contributed by atoms with Gasteiger partial charge in [-0.15, -0.1) is 0 Å². The van der Waals surface area contributed by atoms with Crippen molar-refractivity contribution in [1.82, 2.24) is 0 Å². The van der Waals surface area contributed by atoms with Gasteiger partial charge in [0.05, 0.1) is 19.7 Å². The molecule has 0 saturated heterocycles. The number of halogens is 4. The average molecular weight is 455 g/mol. The summed E-state index contributed by atoms with van der Waals surface area (Å²) in [6, 6.07) is 0.869. The van der Waals surface area contributed by atoms with Crippen molar-refractivity contribution in [3.63, 3.8) is 0 Å². The first kappa shape index (κ1) is 26.4. The van der Waals surface area contributed by atoms with E-state index < -0.39 is 54.5 Å². The zero-order chi connectivity index (χ0) is 20.4. The van der Waals surface area contributed by atoms with Crippen molar-refractivity contribution in [2.45, 2.75) is 70.4 Å². The third-order valence-corrected chi connectivity index (χ3v) is 15.7. The van der Waals surface area contributed by atoms with Gasteiger partial charge >= 0.3 is 15.0 Å². The zero-order valence-electron chi connectivity index (χ0n) is 16.7. The summed E-state index contributed by atoms with van der Waals surface area (Å²) in [5, 5.41) is 0. The van der Waals surface area contributed by atoms with Gasteiger partial charge in [-0.25, -0.2) is 0 Å². The molecule has 0 amide bonds. The Kier molecular flexibility index (Phi) is 12.3. The highest BCUT2D eigenvalue weighted by molar-refractivity contribution is 6.85. The van der Waals surface area contributed by atoms with Gasteiger partial charge in [-0.1, -0.05) is 0 Å². The number of alkyl halides is 4. The Morgan fingerprint density at radius 3 is 1.85 bits per heavy atom. The van der Waals surface area contributed by atoms with Crippen LogP contribution < -0.4 is 0 Å². The van der Waals surface area contributed by atoms with Crippen molar-refractivity contribution in [3.8, 4) is 0 Å². The molecule has 0 aliphatic carbocycles. The van der Waals surface area contributed by atoms with Gasteiger partial charge in [-0.2, -0.15) is 13.2 Å². The highest BCUT2D eigenvalue weighted by Crippen LogP contribution is 2.27. The van der Waals surface area contributed by atoms with Crippen LogP contribution in [-0.2, 0) is 17.1 Å². The van der Waals surface area contributed by atoms with E-state index in [0.717, 1.165) is 0 Å². The topological polar surface area (TPSA) is 36.9 Å². The average Bonchev–Trinajstić information content (AvgIpc) is 2.39. The smallest absolute Gasteiger partial charge is 0.420 e. The van der Waals surface area contributed by atoms with Gasteiger partial charge in [0, 0.05) is 12.7 Å². The molecule has 0 aromatic carbocycles. The van der Waals surface area contributed by atoms with E-state index >= 15 is 0 Å². The maximum atomic E-state index is 13.2. The van der Waals surface area contributed by atoms with Gasteiger partial charge < -0.3 is 17.1 Å². The first-order chi connectivity index (χ1) is 11.8. The molecule has 0 fully saturated rings. The summed E-state index contributed by atoms with van der Waals surface area (Å²) in [5.41, 5.74) is 0. The fourth-order valence-corrected chi connectivity index (χ4v) is 16.5. The summed E-state index contributed by atoms with van der Waals surface area (Å²) in [4.78, 5) is 0. The van der Waals surface area contributed by atoms with Crippen LogP contribution in [-0.4, -0.2) is 61.3 Å². The molecule has 0 aliphatic heterocycles. The standard InChI is InChI=1S/C14H34F4O4Si4/c1-23(2)20-26(13-9-15,21-24(3)4)22-25(5,6)12-7-10-19-11-8-14(16,17)18/h23-24H,7-13H2,1-6H3. The largest absolute Gasteiger partial charge is 0.471 e. The van der Waals surface area contributed by atoms with E-state index in [2.05, 4.69) is 0 Å². The van der Waals surface area contributed by atoms with Gasteiger partial charge in [0.25, 0.3) is 0 Å². The molecule has 0 bridgehead atoms. The molecule has 0 atom stereocenters. The minimum absolute atomic E-state index is 0.169. The van der Waals surface area contributed by atoms with Crippen LogP contribution in [0, 0.1) is 0 Å². The predicted octanol–water partition coefficient (Wildman–Crippen LogP) is 4.48. The van der Waals surface area contributed by atoms with Crippen LogP contribution in [0.15, 0.2) is 0 Å². The fraction of sp³-hybridized carbons (Fsp3) is 1.00. The number of hydrogen-bond donors (Lipinski definition) is 0. The van der Waals surface area contributed by atoms with Crippen molar-refractivity contribution >= 4 is 35.2 Å². The number of ether oxygens (including phenoxy) is 1. The van der Waals surface area contributed by atoms with E-state index in [4.69, 9.17) is 17.1 Å². The Balaban J connectivity index is 4.64.